The van der Waals surface area contributed by atoms with Crippen molar-refractivity contribution in [2.45, 2.75) is 70.4 Å². The molecule has 0 unspecified atom stereocenters. The third-order valence-corrected chi connectivity index (χ3v) is 7.26. The van der Waals surface area contributed by atoms with Gasteiger partial charge in [-0.05, 0) is 86.5 Å². The molecular formula is C26H37N3S2. The molecule has 1 atom stereocenters. The highest BCUT2D eigenvalue weighted by Gasteiger charge is 2.20. The van der Waals surface area contributed by atoms with Crippen LogP contribution in [0.2, 0.25) is 0 Å². The smallest absolute Gasteiger partial charge is 0.173 e. The van der Waals surface area contributed by atoms with E-state index in [2.05, 4.69) is 84.6 Å². The van der Waals surface area contributed by atoms with E-state index in [1.807, 2.05) is 0 Å². The minimum absolute atomic E-state index is 0.376. The zero-order valence-electron chi connectivity index (χ0n) is 19.5. The monoisotopic (exact) mass is 455 g/mol. The van der Waals surface area contributed by atoms with Gasteiger partial charge in [-0.25, -0.2) is 0 Å². The van der Waals surface area contributed by atoms with Gasteiger partial charge in [0.1, 0.15) is 0 Å². The Labute approximate surface area is 198 Å². The van der Waals surface area contributed by atoms with Gasteiger partial charge in [-0.15, -0.1) is 11.8 Å². The highest BCUT2D eigenvalue weighted by molar-refractivity contribution is 7.98. The Morgan fingerprint density at radius 1 is 1.23 bits per heavy atom. The van der Waals surface area contributed by atoms with Crippen molar-refractivity contribution in [3.8, 4) is 0 Å². The normalized spacial score (nSPS) is 14.1. The molecule has 0 spiro atoms. The van der Waals surface area contributed by atoms with Gasteiger partial charge in [0, 0.05) is 41.9 Å². The van der Waals surface area contributed by atoms with Crippen molar-refractivity contribution in [2.75, 3.05) is 29.6 Å². The van der Waals surface area contributed by atoms with Gasteiger partial charge in [0.2, 0.25) is 0 Å². The van der Waals surface area contributed by atoms with Crippen LogP contribution in [0, 0.1) is 0 Å². The van der Waals surface area contributed by atoms with Crippen LogP contribution in [-0.2, 0) is 13.0 Å². The van der Waals surface area contributed by atoms with Gasteiger partial charge < -0.3 is 15.1 Å². The number of nitrogens with one attached hydrogen (secondary N) is 1. The third-order valence-electron chi connectivity index (χ3n) is 6.20. The highest BCUT2D eigenvalue weighted by Crippen LogP contribution is 2.29. The molecule has 168 valence electrons. The molecule has 1 aliphatic heterocycles. The van der Waals surface area contributed by atoms with Gasteiger partial charge in [0.15, 0.2) is 5.11 Å². The Morgan fingerprint density at radius 2 is 2.06 bits per heavy atom. The number of hydrogen-bond donors (Lipinski definition) is 1. The quantitative estimate of drug-likeness (QED) is 0.324. The van der Waals surface area contributed by atoms with E-state index >= 15 is 0 Å². The van der Waals surface area contributed by atoms with E-state index < -0.39 is 0 Å². The van der Waals surface area contributed by atoms with Crippen molar-refractivity contribution in [1.29, 1.82) is 0 Å². The van der Waals surface area contributed by atoms with E-state index in [4.69, 9.17) is 12.2 Å². The van der Waals surface area contributed by atoms with E-state index in [9.17, 15) is 0 Å². The number of rotatable bonds is 9. The summed E-state index contributed by atoms with van der Waals surface area (Å²) in [5, 5.41) is 4.28. The zero-order valence-corrected chi connectivity index (χ0v) is 21.1. The van der Waals surface area contributed by atoms with Crippen LogP contribution in [-0.4, -0.2) is 35.4 Å². The molecule has 2 aromatic rings. The number of benzene rings is 2. The fraction of sp³-hybridized carbons (Fsp3) is 0.500. The van der Waals surface area contributed by atoms with Gasteiger partial charge in [-0.2, -0.15) is 0 Å². The first-order valence-electron chi connectivity index (χ1n) is 11.6. The molecule has 0 aliphatic carbocycles. The van der Waals surface area contributed by atoms with E-state index in [1.165, 1.54) is 60.5 Å². The maximum atomic E-state index is 5.87. The predicted octanol–water partition coefficient (Wildman–Crippen LogP) is 6.96. The molecule has 3 rings (SSSR count). The van der Waals surface area contributed by atoms with Gasteiger partial charge in [-0.1, -0.05) is 38.5 Å². The van der Waals surface area contributed by atoms with Crippen LogP contribution in [0.1, 0.15) is 57.6 Å². The SMILES string of the molecule is CCCCN1CCCc2cc(CN(C(=S)Nc3cccc(SC)c3)[C@H](C)CC)ccc21. The lowest BCUT2D eigenvalue weighted by Crippen LogP contribution is -2.40. The van der Waals surface area contributed by atoms with E-state index in [-0.39, 0.29) is 0 Å². The van der Waals surface area contributed by atoms with Crippen LogP contribution in [0.25, 0.3) is 0 Å². The van der Waals surface area contributed by atoms with Crippen molar-refractivity contribution in [3.05, 3.63) is 53.6 Å². The molecule has 2 aromatic carbocycles. The zero-order chi connectivity index (χ0) is 22.2. The molecule has 0 bridgehead atoms. The average Bonchev–Trinajstić information content (AvgIpc) is 2.80. The van der Waals surface area contributed by atoms with E-state index in [0.29, 0.717) is 6.04 Å². The van der Waals surface area contributed by atoms with Gasteiger partial charge in [-0.3, -0.25) is 0 Å². The topological polar surface area (TPSA) is 18.5 Å². The molecule has 1 heterocycles. The molecule has 3 nitrogen and oxygen atoms in total. The van der Waals surface area contributed by atoms with Gasteiger partial charge in [0.25, 0.3) is 0 Å². The number of anilines is 2. The van der Waals surface area contributed by atoms with Crippen LogP contribution >= 0.6 is 24.0 Å². The lowest BCUT2D eigenvalue weighted by Gasteiger charge is -2.34. The lowest BCUT2D eigenvalue weighted by molar-refractivity contribution is 0.319. The molecule has 1 aliphatic rings. The third kappa shape index (κ3) is 6.39. The summed E-state index contributed by atoms with van der Waals surface area (Å²) in [6.07, 6.45) is 8.10. The molecule has 0 amide bonds. The second-order valence-electron chi connectivity index (χ2n) is 8.45. The van der Waals surface area contributed by atoms with Crippen LogP contribution in [0.4, 0.5) is 11.4 Å². The first-order chi connectivity index (χ1) is 15.0. The van der Waals surface area contributed by atoms with Crippen molar-refractivity contribution in [3.63, 3.8) is 0 Å². The van der Waals surface area contributed by atoms with Crippen LogP contribution in [0.5, 0.6) is 0 Å². The number of nitrogens with zero attached hydrogens (tertiary/aromatic N) is 2. The second-order valence-corrected chi connectivity index (χ2v) is 9.72. The molecule has 31 heavy (non-hydrogen) atoms. The summed E-state index contributed by atoms with van der Waals surface area (Å²) in [7, 11) is 0. The lowest BCUT2D eigenvalue weighted by atomic mass is 9.98. The number of thiocarbonyl (C=S) groups is 1. The number of aryl methyl sites for hydroxylation is 1. The molecule has 0 fully saturated rings. The highest BCUT2D eigenvalue weighted by atomic mass is 32.2. The van der Waals surface area contributed by atoms with Gasteiger partial charge in [0.05, 0.1) is 0 Å². The molecule has 0 radical (unpaired) electrons. The summed E-state index contributed by atoms with van der Waals surface area (Å²) >= 11 is 7.61. The van der Waals surface area contributed by atoms with E-state index in [0.717, 1.165) is 23.8 Å². The minimum atomic E-state index is 0.376. The first-order valence-corrected chi connectivity index (χ1v) is 13.3. The molecule has 0 aromatic heterocycles. The summed E-state index contributed by atoms with van der Waals surface area (Å²) < 4.78 is 0. The Kier molecular flexibility index (Phi) is 9.09. The second kappa shape index (κ2) is 11.8. The summed E-state index contributed by atoms with van der Waals surface area (Å²) in [6, 6.07) is 15.9. The summed E-state index contributed by atoms with van der Waals surface area (Å²) in [5.74, 6) is 0. The van der Waals surface area contributed by atoms with Crippen molar-refractivity contribution < 1.29 is 0 Å². The Bertz CT molecular complexity index is 867. The molecule has 0 saturated carbocycles. The molecule has 5 heteroatoms. The molecular weight excluding hydrogens is 418 g/mol. The standard InChI is InChI=1S/C26H37N3S2/c1-5-7-15-28-16-9-10-22-17-21(13-14-25(22)28)19-29(20(3)6-2)26(30)27-23-11-8-12-24(18-23)31-4/h8,11-14,17-18,20H,5-7,9-10,15-16,19H2,1-4H3,(H,27,30)/t20-/m1/s1. The van der Waals surface area contributed by atoms with Crippen LogP contribution < -0.4 is 10.2 Å². The first kappa shape index (κ1) is 23.9. The van der Waals surface area contributed by atoms with Crippen molar-refractivity contribution in [2.24, 2.45) is 0 Å². The van der Waals surface area contributed by atoms with Crippen molar-refractivity contribution >= 4 is 40.5 Å². The number of hydrogen-bond acceptors (Lipinski definition) is 3. The number of unbranched alkanes of at least 4 members (excludes halogenated alkanes) is 1. The number of fused-ring (bicyclic) bond motifs is 1. The summed E-state index contributed by atoms with van der Waals surface area (Å²) in [6.45, 7) is 9.96. The van der Waals surface area contributed by atoms with Crippen LogP contribution in [0.3, 0.4) is 0 Å². The van der Waals surface area contributed by atoms with Crippen molar-refractivity contribution in [1.82, 2.24) is 4.90 Å². The fourth-order valence-corrected chi connectivity index (χ4v) is 4.97. The maximum absolute atomic E-state index is 5.87. The Balaban J connectivity index is 1.75. The predicted molar refractivity (Wildman–Crippen MR) is 142 cm³/mol. The Hall–Kier alpha value is -1.72. The van der Waals surface area contributed by atoms with E-state index in [1.54, 1.807) is 11.8 Å². The maximum Gasteiger partial charge on any atom is 0.173 e. The molecule has 1 N–H and O–H groups in total. The summed E-state index contributed by atoms with van der Waals surface area (Å²) in [5.41, 5.74) is 5.34. The van der Waals surface area contributed by atoms with Gasteiger partial charge >= 0.3 is 0 Å². The average molecular weight is 456 g/mol. The molecule has 0 saturated heterocycles. The summed E-state index contributed by atoms with van der Waals surface area (Å²) in [4.78, 5) is 6.15. The largest absolute Gasteiger partial charge is 0.371 e. The minimum Gasteiger partial charge on any atom is -0.371 e. The Morgan fingerprint density at radius 3 is 2.81 bits per heavy atom. The fourth-order valence-electron chi connectivity index (χ4n) is 4.15. The van der Waals surface area contributed by atoms with Crippen LogP contribution in [0.15, 0.2) is 47.4 Å². The number of thioether (sulfide) groups is 1.